The van der Waals surface area contributed by atoms with Crippen molar-refractivity contribution in [1.82, 2.24) is 0 Å². The van der Waals surface area contributed by atoms with Crippen LogP contribution in [-0.2, 0) is 9.53 Å². The van der Waals surface area contributed by atoms with Gasteiger partial charge in [0, 0.05) is 6.61 Å². The Morgan fingerprint density at radius 1 is 1.58 bits per heavy atom. The quantitative estimate of drug-likeness (QED) is 0.669. The fraction of sp³-hybridized carbons (Fsp3) is 0.857. The van der Waals surface area contributed by atoms with Crippen LogP contribution in [-0.4, -0.2) is 29.8 Å². The summed E-state index contributed by atoms with van der Waals surface area (Å²) in [5.74, 6) is -0.975. The van der Waals surface area contributed by atoms with Crippen molar-refractivity contribution in [3.8, 4) is 0 Å². The molecule has 1 saturated heterocycles. The summed E-state index contributed by atoms with van der Waals surface area (Å²) in [6.45, 7) is 0.644. The zero-order valence-corrected chi connectivity index (χ0v) is 7.55. The first-order valence-corrected chi connectivity index (χ1v) is 3.82. The van der Waals surface area contributed by atoms with Gasteiger partial charge in [0.25, 0.3) is 0 Å². The Hall–Kier alpha value is -0.320. The lowest BCUT2D eigenvalue weighted by molar-refractivity contribution is -0.143. The second-order valence-corrected chi connectivity index (χ2v) is 2.77. The van der Waals surface area contributed by atoms with E-state index in [2.05, 4.69) is 0 Å². The number of carboxylic acid groups (broad SMARTS) is 1. The molecule has 1 fully saturated rings. The van der Waals surface area contributed by atoms with Crippen molar-refractivity contribution >= 4 is 18.4 Å². The topological polar surface area (TPSA) is 72.6 Å². The van der Waals surface area contributed by atoms with Crippen LogP contribution in [0.4, 0.5) is 0 Å². The lowest BCUT2D eigenvalue weighted by Crippen LogP contribution is -2.44. The minimum Gasteiger partial charge on any atom is -0.480 e. The number of hydrogen-bond donors (Lipinski definition) is 2. The van der Waals surface area contributed by atoms with Crippen molar-refractivity contribution < 1.29 is 14.6 Å². The second kappa shape index (κ2) is 5.35. The van der Waals surface area contributed by atoms with E-state index in [0.717, 1.165) is 19.3 Å². The summed E-state index contributed by atoms with van der Waals surface area (Å²) in [6.07, 6.45) is 2.53. The van der Waals surface area contributed by atoms with Crippen LogP contribution in [0.15, 0.2) is 0 Å². The summed E-state index contributed by atoms with van der Waals surface area (Å²) in [5, 5.41) is 8.53. The summed E-state index contributed by atoms with van der Waals surface area (Å²) < 4.78 is 5.20. The van der Waals surface area contributed by atoms with E-state index in [1.165, 1.54) is 0 Å². The van der Waals surface area contributed by atoms with Gasteiger partial charge in [-0.15, -0.1) is 12.4 Å². The predicted octanol–water partition coefficient (Wildman–Crippen LogP) is 0.389. The Morgan fingerprint density at radius 3 is 2.67 bits per heavy atom. The Morgan fingerprint density at radius 2 is 2.25 bits per heavy atom. The van der Waals surface area contributed by atoms with Gasteiger partial charge in [-0.05, 0) is 19.3 Å². The monoisotopic (exact) mass is 195 g/mol. The van der Waals surface area contributed by atoms with Gasteiger partial charge < -0.3 is 15.6 Å². The highest BCUT2D eigenvalue weighted by Gasteiger charge is 2.26. The molecule has 1 rings (SSSR count). The third kappa shape index (κ3) is 2.97. The molecule has 1 heterocycles. The van der Waals surface area contributed by atoms with Gasteiger partial charge in [-0.1, -0.05) is 0 Å². The molecule has 2 atom stereocenters. The van der Waals surface area contributed by atoms with E-state index in [9.17, 15) is 4.79 Å². The molecule has 0 saturated carbocycles. The highest BCUT2D eigenvalue weighted by molar-refractivity contribution is 5.85. The minimum absolute atomic E-state index is 0. The van der Waals surface area contributed by atoms with Crippen molar-refractivity contribution in [2.45, 2.75) is 31.4 Å². The maximum atomic E-state index is 10.4. The average molecular weight is 196 g/mol. The van der Waals surface area contributed by atoms with E-state index in [0.29, 0.717) is 6.61 Å². The predicted molar refractivity (Wildman–Crippen MR) is 46.5 cm³/mol. The number of carbonyl (C=O) groups is 1. The maximum Gasteiger partial charge on any atom is 0.323 e. The summed E-state index contributed by atoms with van der Waals surface area (Å²) in [5.41, 5.74) is 5.37. The van der Waals surface area contributed by atoms with Gasteiger partial charge in [-0.2, -0.15) is 0 Å². The summed E-state index contributed by atoms with van der Waals surface area (Å²) in [4.78, 5) is 10.4. The van der Waals surface area contributed by atoms with Gasteiger partial charge in [0.2, 0.25) is 0 Å². The molecule has 0 aliphatic carbocycles. The summed E-state index contributed by atoms with van der Waals surface area (Å²) in [6, 6.07) is -0.852. The fourth-order valence-electron chi connectivity index (χ4n) is 1.21. The minimum atomic E-state index is -0.975. The number of hydrogen-bond acceptors (Lipinski definition) is 3. The van der Waals surface area contributed by atoms with Crippen LogP contribution in [0.2, 0.25) is 0 Å². The molecule has 0 aromatic heterocycles. The van der Waals surface area contributed by atoms with Gasteiger partial charge >= 0.3 is 5.97 Å². The first kappa shape index (κ1) is 11.7. The SMILES string of the molecule is Cl.NC(C(=O)O)C1CCCCO1. The van der Waals surface area contributed by atoms with E-state index in [-0.39, 0.29) is 18.5 Å². The standard InChI is InChI=1S/C7H13NO3.ClH/c8-6(7(9)10)5-3-1-2-4-11-5;/h5-6H,1-4,8H2,(H,9,10);1H. The first-order chi connectivity index (χ1) is 5.22. The van der Waals surface area contributed by atoms with E-state index in [4.69, 9.17) is 15.6 Å². The molecule has 0 aromatic carbocycles. The van der Waals surface area contributed by atoms with Gasteiger partial charge in [-0.25, -0.2) is 0 Å². The lowest BCUT2D eigenvalue weighted by atomic mass is 10.0. The highest BCUT2D eigenvalue weighted by Crippen LogP contribution is 2.14. The molecule has 1 aliphatic rings. The molecule has 0 radical (unpaired) electrons. The van der Waals surface area contributed by atoms with Crippen LogP contribution in [0.1, 0.15) is 19.3 Å². The number of nitrogens with two attached hydrogens (primary N) is 1. The van der Waals surface area contributed by atoms with Crippen molar-refractivity contribution in [2.24, 2.45) is 5.73 Å². The molecule has 12 heavy (non-hydrogen) atoms. The smallest absolute Gasteiger partial charge is 0.323 e. The van der Waals surface area contributed by atoms with Crippen molar-refractivity contribution in [3.05, 3.63) is 0 Å². The molecule has 2 unspecified atom stereocenters. The van der Waals surface area contributed by atoms with Crippen LogP contribution < -0.4 is 5.73 Å². The van der Waals surface area contributed by atoms with E-state index in [1.807, 2.05) is 0 Å². The van der Waals surface area contributed by atoms with Gasteiger partial charge in [0.1, 0.15) is 6.04 Å². The molecule has 5 heteroatoms. The maximum absolute atomic E-state index is 10.4. The van der Waals surface area contributed by atoms with E-state index >= 15 is 0 Å². The van der Waals surface area contributed by atoms with Crippen LogP contribution in [0, 0.1) is 0 Å². The Balaban J connectivity index is 0.00000121. The van der Waals surface area contributed by atoms with Crippen LogP contribution >= 0.6 is 12.4 Å². The molecule has 0 bridgehead atoms. The van der Waals surface area contributed by atoms with Crippen molar-refractivity contribution in [2.75, 3.05) is 6.61 Å². The zero-order chi connectivity index (χ0) is 8.27. The van der Waals surface area contributed by atoms with Crippen molar-refractivity contribution in [3.63, 3.8) is 0 Å². The lowest BCUT2D eigenvalue weighted by Gasteiger charge is -2.25. The number of rotatable bonds is 2. The largest absolute Gasteiger partial charge is 0.480 e. The molecule has 0 spiro atoms. The Bertz CT molecular complexity index is 148. The third-order valence-electron chi connectivity index (χ3n) is 1.90. The highest BCUT2D eigenvalue weighted by atomic mass is 35.5. The van der Waals surface area contributed by atoms with Crippen LogP contribution in [0.3, 0.4) is 0 Å². The van der Waals surface area contributed by atoms with Crippen LogP contribution in [0.5, 0.6) is 0 Å². The number of aliphatic carboxylic acids is 1. The molecule has 72 valence electrons. The zero-order valence-electron chi connectivity index (χ0n) is 6.73. The van der Waals surface area contributed by atoms with Gasteiger partial charge in [-0.3, -0.25) is 4.79 Å². The average Bonchev–Trinajstić information content (AvgIpc) is 2.05. The number of halogens is 1. The third-order valence-corrected chi connectivity index (χ3v) is 1.90. The van der Waals surface area contributed by atoms with Gasteiger partial charge in [0.05, 0.1) is 6.10 Å². The molecular formula is C7H14ClNO3. The molecule has 0 aromatic rings. The van der Waals surface area contributed by atoms with E-state index in [1.54, 1.807) is 0 Å². The number of carboxylic acids is 1. The van der Waals surface area contributed by atoms with Crippen molar-refractivity contribution in [1.29, 1.82) is 0 Å². The number of ether oxygens (including phenoxy) is 1. The van der Waals surface area contributed by atoms with E-state index < -0.39 is 12.0 Å². The molecule has 3 N–H and O–H groups in total. The Kier molecular flexibility index (Phi) is 5.20. The molecular weight excluding hydrogens is 182 g/mol. The summed E-state index contributed by atoms with van der Waals surface area (Å²) >= 11 is 0. The normalized spacial score (nSPS) is 25.6. The molecule has 4 nitrogen and oxygen atoms in total. The van der Waals surface area contributed by atoms with Crippen LogP contribution in [0.25, 0.3) is 0 Å². The molecule has 0 amide bonds. The Labute approximate surface area is 77.5 Å². The first-order valence-electron chi connectivity index (χ1n) is 3.82. The fourth-order valence-corrected chi connectivity index (χ4v) is 1.21. The molecule has 1 aliphatic heterocycles. The van der Waals surface area contributed by atoms with Gasteiger partial charge in [0.15, 0.2) is 0 Å². The summed E-state index contributed by atoms with van der Waals surface area (Å²) in [7, 11) is 0. The second-order valence-electron chi connectivity index (χ2n) is 2.77.